The van der Waals surface area contributed by atoms with E-state index in [0.717, 1.165) is 24.9 Å². The summed E-state index contributed by atoms with van der Waals surface area (Å²) in [6, 6.07) is 20.5. The molecule has 2 aliphatic heterocycles. The number of thiophene rings is 1. The van der Waals surface area contributed by atoms with E-state index < -0.39 is 0 Å². The molecule has 0 bridgehead atoms. The number of carbonyl (C=O) groups is 2. The summed E-state index contributed by atoms with van der Waals surface area (Å²) in [6.45, 7) is 7.98. The third-order valence-corrected chi connectivity index (χ3v) is 8.83. The Bertz CT molecular complexity index is 1240. The zero-order chi connectivity index (χ0) is 26.5. The summed E-state index contributed by atoms with van der Waals surface area (Å²) in [5.74, 6) is 0.140. The molecule has 7 heteroatoms. The highest BCUT2D eigenvalue weighted by Crippen LogP contribution is 2.40. The van der Waals surface area contributed by atoms with Crippen LogP contribution in [0.3, 0.4) is 0 Å². The predicted molar refractivity (Wildman–Crippen MR) is 151 cm³/mol. The maximum absolute atomic E-state index is 13.8. The first-order valence-corrected chi connectivity index (χ1v) is 14.5. The van der Waals surface area contributed by atoms with Gasteiger partial charge in [0.15, 0.2) is 0 Å². The SMILES string of the molecule is Cc1ccccc1[C@@H]1c2ccsc2CCN1[C@@H](C)C(=O)N1CCCN(C(=O)COCc2ccccc2)CC1. The van der Waals surface area contributed by atoms with Crippen molar-refractivity contribution < 1.29 is 14.3 Å². The molecule has 1 fully saturated rings. The molecule has 6 nitrogen and oxygen atoms in total. The minimum atomic E-state index is -0.246. The number of hydrogen-bond acceptors (Lipinski definition) is 5. The van der Waals surface area contributed by atoms with Gasteiger partial charge in [0, 0.05) is 37.6 Å². The zero-order valence-electron chi connectivity index (χ0n) is 22.3. The van der Waals surface area contributed by atoms with Crippen LogP contribution in [0, 0.1) is 6.92 Å². The molecule has 0 aliphatic carbocycles. The number of rotatable bonds is 7. The van der Waals surface area contributed by atoms with Crippen LogP contribution in [0.4, 0.5) is 0 Å². The van der Waals surface area contributed by atoms with Crippen LogP contribution in [0.1, 0.15) is 46.5 Å². The molecule has 0 radical (unpaired) electrons. The van der Waals surface area contributed by atoms with E-state index in [9.17, 15) is 9.59 Å². The molecule has 1 aromatic heterocycles. The molecule has 2 aliphatic rings. The number of nitrogens with zero attached hydrogens (tertiary/aromatic N) is 3. The van der Waals surface area contributed by atoms with E-state index in [-0.39, 0.29) is 30.5 Å². The molecule has 0 unspecified atom stereocenters. The Kier molecular flexibility index (Phi) is 8.57. The van der Waals surface area contributed by atoms with Crippen molar-refractivity contribution in [2.45, 2.75) is 45.4 Å². The van der Waals surface area contributed by atoms with Crippen molar-refractivity contribution in [2.24, 2.45) is 0 Å². The Morgan fingerprint density at radius 3 is 2.47 bits per heavy atom. The van der Waals surface area contributed by atoms with Gasteiger partial charge in [-0.2, -0.15) is 0 Å². The van der Waals surface area contributed by atoms with Crippen LogP contribution in [0.25, 0.3) is 0 Å². The van der Waals surface area contributed by atoms with E-state index >= 15 is 0 Å². The van der Waals surface area contributed by atoms with Crippen LogP contribution in [-0.4, -0.2) is 71.9 Å². The van der Waals surface area contributed by atoms with Crippen molar-refractivity contribution in [1.29, 1.82) is 0 Å². The van der Waals surface area contributed by atoms with E-state index in [1.165, 1.54) is 21.6 Å². The smallest absolute Gasteiger partial charge is 0.248 e. The second kappa shape index (κ2) is 12.2. The highest BCUT2D eigenvalue weighted by molar-refractivity contribution is 7.10. The maximum atomic E-state index is 13.8. The number of fused-ring (bicyclic) bond motifs is 1. The van der Waals surface area contributed by atoms with Crippen LogP contribution >= 0.6 is 11.3 Å². The van der Waals surface area contributed by atoms with Gasteiger partial charge in [-0.1, -0.05) is 54.6 Å². The van der Waals surface area contributed by atoms with Crippen LogP contribution < -0.4 is 0 Å². The lowest BCUT2D eigenvalue weighted by Gasteiger charge is -2.41. The summed E-state index contributed by atoms with van der Waals surface area (Å²) in [6.07, 6.45) is 1.75. The van der Waals surface area contributed by atoms with Gasteiger partial charge in [-0.3, -0.25) is 14.5 Å². The Hall–Kier alpha value is -3.00. The fourth-order valence-corrected chi connectivity index (χ4v) is 6.61. The minimum Gasteiger partial charge on any atom is -0.367 e. The van der Waals surface area contributed by atoms with Crippen molar-refractivity contribution in [3.63, 3.8) is 0 Å². The molecule has 1 saturated heterocycles. The van der Waals surface area contributed by atoms with Crippen LogP contribution in [0.5, 0.6) is 0 Å². The number of hydrogen-bond donors (Lipinski definition) is 0. The summed E-state index contributed by atoms with van der Waals surface area (Å²) in [7, 11) is 0. The van der Waals surface area contributed by atoms with Gasteiger partial charge >= 0.3 is 0 Å². The summed E-state index contributed by atoms with van der Waals surface area (Å²) in [5, 5.41) is 2.18. The van der Waals surface area contributed by atoms with Gasteiger partial charge in [0.2, 0.25) is 11.8 Å². The number of benzene rings is 2. The van der Waals surface area contributed by atoms with Gasteiger partial charge < -0.3 is 14.5 Å². The lowest BCUT2D eigenvalue weighted by molar-refractivity contribution is -0.139. The Labute approximate surface area is 229 Å². The fraction of sp³-hybridized carbons (Fsp3) is 0.419. The number of aryl methyl sites for hydroxylation is 1. The predicted octanol–water partition coefficient (Wildman–Crippen LogP) is 4.67. The lowest BCUT2D eigenvalue weighted by atomic mass is 9.89. The number of amides is 2. The van der Waals surface area contributed by atoms with Crippen LogP contribution in [0.15, 0.2) is 66.0 Å². The minimum absolute atomic E-state index is 0.0103. The molecule has 0 saturated carbocycles. The maximum Gasteiger partial charge on any atom is 0.248 e. The molecule has 2 atom stereocenters. The lowest BCUT2D eigenvalue weighted by Crippen LogP contribution is -2.51. The summed E-state index contributed by atoms with van der Waals surface area (Å²) in [5.41, 5.74) is 4.91. The van der Waals surface area contributed by atoms with Gasteiger partial charge in [0.1, 0.15) is 6.61 Å². The first-order chi connectivity index (χ1) is 18.5. The molecular weight excluding hydrogens is 494 g/mol. The van der Waals surface area contributed by atoms with Gasteiger partial charge in [-0.15, -0.1) is 11.3 Å². The molecular formula is C31H37N3O3S. The largest absolute Gasteiger partial charge is 0.367 e. The van der Waals surface area contributed by atoms with E-state index in [2.05, 4.69) is 54.5 Å². The average molecular weight is 532 g/mol. The molecule has 3 heterocycles. The van der Waals surface area contributed by atoms with Gasteiger partial charge in [0.05, 0.1) is 18.7 Å². The molecule has 0 N–H and O–H groups in total. The second-order valence-corrected chi connectivity index (χ2v) is 11.3. The molecule has 200 valence electrons. The highest BCUT2D eigenvalue weighted by atomic mass is 32.1. The summed E-state index contributed by atoms with van der Waals surface area (Å²) in [4.78, 5) is 34.2. The zero-order valence-corrected chi connectivity index (χ0v) is 23.2. The van der Waals surface area contributed by atoms with E-state index in [1.54, 1.807) is 0 Å². The van der Waals surface area contributed by atoms with Gasteiger partial charge in [-0.05, 0) is 60.4 Å². The van der Waals surface area contributed by atoms with Crippen molar-refractivity contribution in [3.8, 4) is 0 Å². The van der Waals surface area contributed by atoms with E-state index in [0.29, 0.717) is 32.8 Å². The summed E-state index contributed by atoms with van der Waals surface area (Å²) >= 11 is 1.82. The van der Waals surface area contributed by atoms with E-state index in [4.69, 9.17) is 4.74 Å². The molecule has 38 heavy (non-hydrogen) atoms. The Balaban J connectivity index is 1.22. The standard InChI is InChI=1S/C31H37N3O3S/c1-23-9-6-7-12-26(23)30-27-14-20-38-28(27)13-17-34(30)24(2)31(36)33-16-8-15-32(18-19-33)29(35)22-37-21-25-10-4-3-5-11-25/h3-7,9-12,14,20,24,30H,8,13,15-19,21-22H2,1-2H3/t24-,30+/m0/s1. The van der Waals surface area contributed by atoms with Crippen LogP contribution in [-0.2, 0) is 27.4 Å². The van der Waals surface area contributed by atoms with Crippen molar-refractivity contribution in [2.75, 3.05) is 39.3 Å². The second-order valence-electron chi connectivity index (χ2n) is 10.3. The van der Waals surface area contributed by atoms with Crippen LogP contribution in [0.2, 0.25) is 0 Å². The topological polar surface area (TPSA) is 53.1 Å². The molecule has 5 rings (SSSR count). The van der Waals surface area contributed by atoms with Gasteiger partial charge in [0.25, 0.3) is 0 Å². The first kappa shape index (κ1) is 26.6. The van der Waals surface area contributed by atoms with Crippen molar-refractivity contribution in [1.82, 2.24) is 14.7 Å². The van der Waals surface area contributed by atoms with Gasteiger partial charge in [-0.25, -0.2) is 0 Å². The molecule has 3 aromatic rings. The number of ether oxygens (including phenoxy) is 1. The normalized spacial score (nSPS) is 19.1. The summed E-state index contributed by atoms with van der Waals surface area (Å²) < 4.78 is 5.68. The third kappa shape index (κ3) is 5.85. The third-order valence-electron chi connectivity index (χ3n) is 7.84. The Morgan fingerprint density at radius 1 is 0.921 bits per heavy atom. The first-order valence-electron chi connectivity index (χ1n) is 13.6. The Morgan fingerprint density at radius 2 is 1.66 bits per heavy atom. The molecule has 2 aromatic carbocycles. The molecule has 0 spiro atoms. The van der Waals surface area contributed by atoms with Crippen molar-refractivity contribution >= 4 is 23.2 Å². The van der Waals surface area contributed by atoms with Crippen molar-refractivity contribution in [3.05, 3.63) is 93.2 Å². The fourth-order valence-electron chi connectivity index (χ4n) is 5.71. The monoisotopic (exact) mass is 531 g/mol. The quantitative estimate of drug-likeness (QED) is 0.445. The molecule has 2 amide bonds. The highest BCUT2D eigenvalue weighted by Gasteiger charge is 2.37. The average Bonchev–Trinajstić information content (AvgIpc) is 3.28. The number of carbonyl (C=O) groups excluding carboxylic acids is 2. The van der Waals surface area contributed by atoms with E-state index in [1.807, 2.05) is 51.5 Å².